The Morgan fingerprint density at radius 1 is 0.309 bits per heavy atom. The number of esters is 3. The minimum atomic E-state index is -0.782. The van der Waals surface area contributed by atoms with Gasteiger partial charge in [0.2, 0.25) is 0 Å². The zero-order chi connectivity index (χ0) is 49.3. The predicted molar refractivity (Wildman–Crippen MR) is 293 cm³/mol. The molecule has 1 atom stereocenters. The molecular formula is C62H110O6. The molecule has 0 amide bonds. The number of rotatable bonds is 53. The lowest BCUT2D eigenvalue weighted by atomic mass is 10.0. The Balaban J connectivity index is 4.39. The topological polar surface area (TPSA) is 78.9 Å². The molecule has 0 aliphatic carbocycles. The van der Waals surface area contributed by atoms with Crippen LogP contribution in [0.25, 0.3) is 0 Å². The minimum absolute atomic E-state index is 0.0806. The third-order valence-electron chi connectivity index (χ3n) is 12.8. The number of hydrogen-bond donors (Lipinski definition) is 0. The third kappa shape index (κ3) is 54.1. The number of ether oxygens (including phenoxy) is 3. The maximum absolute atomic E-state index is 12.9. The van der Waals surface area contributed by atoms with E-state index in [2.05, 4.69) is 81.5 Å². The molecule has 68 heavy (non-hydrogen) atoms. The fourth-order valence-electron chi connectivity index (χ4n) is 8.37. The lowest BCUT2D eigenvalue weighted by Gasteiger charge is -2.18. The molecule has 0 N–H and O–H groups in total. The molecule has 394 valence electrons. The van der Waals surface area contributed by atoms with Crippen molar-refractivity contribution in [2.75, 3.05) is 13.2 Å². The Kier molecular flexibility index (Phi) is 54.3. The Morgan fingerprint density at radius 3 is 0.912 bits per heavy atom. The van der Waals surface area contributed by atoms with Gasteiger partial charge in [0.15, 0.2) is 6.10 Å². The van der Waals surface area contributed by atoms with Crippen LogP contribution in [0.3, 0.4) is 0 Å². The summed E-state index contributed by atoms with van der Waals surface area (Å²) in [6.45, 7) is 6.54. The van der Waals surface area contributed by atoms with Crippen LogP contribution >= 0.6 is 0 Å². The zero-order valence-corrected chi connectivity index (χ0v) is 45.1. The van der Waals surface area contributed by atoms with Gasteiger partial charge in [-0.3, -0.25) is 14.4 Å². The molecular weight excluding hydrogens is 841 g/mol. The number of carbonyl (C=O) groups excluding carboxylic acids is 3. The first-order valence-electron chi connectivity index (χ1n) is 29.3. The summed E-state index contributed by atoms with van der Waals surface area (Å²) < 4.78 is 16.9. The highest BCUT2D eigenvalue weighted by atomic mass is 16.6. The Hall–Kier alpha value is -2.89. The van der Waals surface area contributed by atoms with E-state index in [-0.39, 0.29) is 31.1 Å². The van der Waals surface area contributed by atoms with Crippen molar-refractivity contribution in [3.63, 3.8) is 0 Å². The molecule has 0 spiro atoms. The SMILES string of the molecule is CC/C=C\C/C=C\C/C=C\C/C=C\CCCCCCCCC(=O)OCC(COC(=O)CCCCCCC/C=C\CCCCCCCC)OC(=O)CCCCCCCCCCCCCCCCCC. The van der Waals surface area contributed by atoms with E-state index < -0.39 is 6.10 Å². The van der Waals surface area contributed by atoms with Gasteiger partial charge in [-0.05, 0) is 83.5 Å². The fourth-order valence-corrected chi connectivity index (χ4v) is 8.37. The van der Waals surface area contributed by atoms with Crippen LogP contribution in [0.15, 0.2) is 60.8 Å². The van der Waals surface area contributed by atoms with Crippen molar-refractivity contribution in [1.82, 2.24) is 0 Å². The molecule has 6 heteroatoms. The molecule has 0 radical (unpaired) electrons. The van der Waals surface area contributed by atoms with Crippen molar-refractivity contribution in [3.8, 4) is 0 Å². The van der Waals surface area contributed by atoms with Gasteiger partial charge in [-0.1, -0.05) is 255 Å². The average Bonchev–Trinajstić information content (AvgIpc) is 3.34. The summed E-state index contributed by atoms with van der Waals surface area (Å²) in [4.78, 5) is 38.2. The highest BCUT2D eigenvalue weighted by Gasteiger charge is 2.19. The van der Waals surface area contributed by atoms with Crippen LogP contribution in [0.4, 0.5) is 0 Å². The largest absolute Gasteiger partial charge is 0.462 e. The standard InChI is InChI=1S/C62H110O6/c1-4-7-10-13-16-19-22-25-28-30-31-32-35-37-40-43-46-49-52-55-61(64)67-58-59(57-66-60(63)54-51-48-45-42-39-36-33-27-24-21-18-15-12-9-6-3)68-62(65)56-53-50-47-44-41-38-34-29-26-23-20-17-14-11-8-5-2/h7,10,16,19,25,27-28,31-33,59H,4-6,8-9,11-15,17-18,20-24,26,29-30,34-58H2,1-3H3/b10-7-,19-16-,28-25-,32-31-,33-27-. The van der Waals surface area contributed by atoms with Crippen molar-refractivity contribution in [1.29, 1.82) is 0 Å². The predicted octanol–water partition coefficient (Wildman–Crippen LogP) is 19.6. The third-order valence-corrected chi connectivity index (χ3v) is 12.8. The molecule has 0 bridgehead atoms. The first-order chi connectivity index (χ1) is 33.5. The van der Waals surface area contributed by atoms with Gasteiger partial charge in [-0.25, -0.2) is 0 Å². The van der Waals surface area contributed by atoms with Crippen LogP contribution in [0, 0.1) is 0 Å². The summed E-state index contributed by atoms with van der Waals surface area (Å²) in [5.74, 6) is -0.888. The molecule has 0 saturated carbocycles. The summed E-state index contributed by atoms with van der Waals surface area (Å²) in [7, 11) is 0. The minimum Gasteiger partial charge on any atom is -0.462 e. The molecule has 0 fully saturated rings. The normalized spacial score (nSPS) is 12.5. The van der Waals surface area contributed by atoms with Crippen molar-refractivity contribution in [2.24, 2.45) is 0 Å². The smallest absolute Gasteiger partial charge is 0.306 e. The molecule has 0 saturated heterocycles. The van der Waals surface area contributed by atoms with E-state index in [0.29, 0.717) is 19.3 Å². The number of carbonyl (C=O) groups is 3. The first-order valence-corrected chi connectivity index (χ1v) is 29.3. The van der Waals surface area contributed by atoms with E-state index >= 15 is 0 Å². The average molecular weight is 952 g/mol. The van der Waals surface area contributed by atoms with Gasteiger partial charge in [0.1, 0.15) is 13.2 Å². The second kappa shape index (κ2) is 56.7. The maximum atomic E-state index is 12.9. The van der Waals surface area contributed by atoms with E-state index in [1.807, 2.05) is 0 Å². The summed E-state index contributed by atoms with van der Waals surface area (Å²) in [6, 6.07) is 0. The van der Waals surface area contributed by atoms with Crippen LogP contribution in [0.2, 0.25) is 0 Å². The number of unbranched alkanes of at least 4 members (excludes halogenated alkanes) is 32. The van der Waals surface area contributed by atoms with Crippen molar-refractivity contribution in [3.05, 3.63) is 60.8 Å². The Bertz CT molecular complexity index is 1230. The summed E-state index contributed by atoms with van der Waals surface area (Å²) >= 11 is 0. The van der Waals surface area contributed by atoms with Gasteiger partial charge < -0.3 is 14.2 Å². The lowest BCUT2D eigenvalue weighted by molar-refractivity contribution is -0.167. The van der Waals surface area contributed by atoms with Crippen LogP contribution in [0.1, 0.15) is 297 Å². The summed E-state index contributed by atoms with van der Waals surface area (Å²) in [5.41, 5.74) is 0. The molecule has 0 aliphatic heterocycles. The molecule has 1 unspecified atom stereocenters. The maximum Gasteiger partial charge on any atom is 0.306 e. The van der Waals surface area contributed by atoms with Crippen LogP contribution in [0.5, 0.6) is 0 Å². The van der Waals surface area contributed by atoms with Gasteiger partial charge in [0.25, 0.3) is 0 Å². The molecule has 6 nitrogen and oxygen atoms in total. The van der Waals surface area contributed by atoms with Crippen LogP contribution in [-0.2, 0) is 28.6 Å². The first kappa shape index (κ1) is 65.1. The van der Waals surface area contributed by atoms with Gasteiger partial charge >= 0.3 is 17.9 Å². The molecule has 0 aromatic heterocycles. The van der Waals surface area contributed by atoms with E-state index in [1.54, 1.807) is 0 Å². The van der Waals surface area contributed by atoms with E-state index in [9.17, 15) is 14.4 Å². The van der Waals surface area contributed by atoms with Gasteiger partial charge in [0, 0.05) is 19.3 Å². The monoisotopic (exact) mass is 951 g/mol. The molecule has 0 aromatic carbocycles. The number of hydrogen-bond acceptors (Lipinski definition) is 6. The summed E-state index contributed by atoms with van der Waals surface area (Å²) in [5, 5.41) is 0. The van der Waals surface area contributed by atoms with E-state index in [1.165, 1.54) is 161 Å². The van der Waals surface area contributed by atoms with Crippen LogP contribution < -0.4 is 0 Å². The quantitative estimate of drug-likeness (QED) is 0.0262. The van der Waals surface area contributed by atoms with Gasteiger partial charge in [0.05, 0.1) is 0 Å². The molecule has 0 aliphatic rings. The van der Waals surface area contributed by atoms with Crippen molar-refractivity contribution < 1.29 is 28.6 Å². The highest BCUT2D eigenvalue weighted by molar-refractivity contribution is 5.71. The Labute approximate surface area is 421 Å². The molecule has 0 aromatic rings. The number of allylic oxidation sites excluding steroid dienone is 10. The van der Waals surface area contributed by atoms with Gasteiger partial charge in [-0.2, -0.15) is 0 Å². The second-order valence-electron chi connectivity index (χ2n) is 19.5. The van der Waals surface area contributed by atoms with Crippen LogP contribution in [-0.4, -0.2) is 37.2 Å². The summed E-state index contributed by atoms with van der Waals surface area (Å²) in [6.07, 6.45) is 70.6. The Morgan fingerprint density at radius 2 is 0.574 bits per heavy atom. The van der Waals surface area contributed by atoms with Crippen molar-refractivity contribution >= 4 is 17.9 Å². The molecule has 0 rings (SSSR count). The van der Waals surface area contributed by atoms with E-state index in [0.717, 1.165) is 96.3 Å². The highest BCUT2D eigenvalue weighted by Crippen LogP contribution is 2.16. The van der Waals surface area contributed by atoms with E-state index in [4.69, 9.17) is 14.2 Å². The van der Waals surface area contributed by atoms with Gasteiger partial charge in [-0.15, -0.1) is 0 Å². The second-order valence-corrected chi connectivity index (χ2v) is 19.5. The zero-order valence-electron chi connectivity index (χ0n) is 45.1. The lowest BCUT2D eigenvalue weighted by Crippen LogP contribution is -2.30. The molecule has 0 heterocycles. The fraction of sp³-hybridized carbons (Fsp3) is 0.790. The van der Waals surface area contributed by atoms with Crippen molar-refractivity contribution in [2.45, 2.75) is 303 Å².